The second-order valence-corrected chi connectivity index (χ2v) is 4.56. The van der Waals surface area contributed by atoms with Gasteiger partial charge in [0, 0.05) is 24.0 Å². The molecule has 0 unspecified atom stereocenters. The first kappa shape index (κ1) is 14.8. The molecule has 3 aromatic heterocycles. The highest BCUT2D eigenvalue weighted by Crippen LogP contribution is 2.16. The normalized spacial score (nSPS) is 10.5. The van der Waals surface area contributed by atoms with Gasteiger partial charge in [0.1, 0.15) is 6.61 Å². The van der Waals surface area contributed by atoms with Crippen LogP contribution in [0.3, 0.4) is 0 Å². The lowest BCUT2D eigenvalue weighted by Gasteiger charge is -2.06. The smallest absolute Gasteiger partial charge is 0.414 e. The molecule has 0 radical (unpaired) electrons. The van der Waals surface area contributed by atoms with Gasteiger partial charge in [-0.1, -0.05) is 12.1 Å². The first-order valence-corrected chi connectivity index (χ1v) is 7.07. The average Bonchev–Trinajstić information content (AvgIpc) is 2.97. The number of nitrogens with zero attached hydrogens (tertiary/aromatic N) is 4. The Labute approximate surface area is 132 Å². The summed E-state index contributed by atoms with van der Waals surface area (Å²) in [7, 11) is 0. The van der Waals surface area contributed by atoms with E-state index < -0.39 is 6.09 Å². The van der Waals surface area contributed by atoms with Crippen LogP contribution in [0.4, 0.5) is 10.7 Å². The second kappa shape index (κ2) is 6.73. The molecule has 0 aliphatic carbocycles. The largest absolute Gasteiger partial charge is 0.473 e. The van der Waals surface area contributed by atoms with Crippen LogP contribution in [0.2, 0.25) is 0 Å². The lowest BCUT2D eigenvalue weighted by Crippen LogP contribution is -2.14. The Hall–Kier alpha value is -3.16. The zero-order valence-corrected chi connectivity index (χ0v) is 12.5. The summed E-state index contributed by atoms with van der Waals surface area (Å²) in [6.07, 6.45) is 2.84. The van der Waals surface area contributed by atoms with Crippen molar-refractivity contribution in [2.24, 2.45) is 0 Å². The first-order valence-electron chi connectivity index (χ1n) is 7.07. The highest BCUT2D eigenvalue weighted by Gasteiger charge is 2.11. The molecule has 0 atom stereocenters. The van der Waals surface area contributed by atoms with Gasteiger partial charge >= 0.3 is 6.09 Å². The summed E-state index contributed by atoms with van der Waals surface area (Å²) < 4.78 is 12.1. The molecule has 0 fully saturated rings. The van der Waals surface area contributed by atoms with Gasteiger partial charge in [-0.2, -0.15) is 9.50 Å². The highest BCUT2D eigenvalue weighted by molar-refractivity contribution is 5.82. The van der Waals surface area contributed by atoms with Crippen LogP contribution in [0.5, 0.6) is 5.88 Å². The third kappa shape index (κ3) is 3.54. The Bertz CT molecular complexity index is 803. The average molecular weight is 313 g/mol. The molecular weight excluding hydrogens is 298 g/mol. The van der Waals surface area contributed by atoms with Crippen molar-refractivity contribution in [3.63, 3.8) is 0 Å². The number of fused-ring (bicyclic) bond motifs is 1. The third-order valence-electron chi connectivity index (χ3n) is 2.92. The maximum Gasteiger partial charge on any atom is 0.414 e. The molecule has 118 valence electrons. The molecule has 0 saturated heterocycles. The SMILES string of the molecule is CCOC(=O)Nc1nc2cccc(OCc3cccnc3)n2n1. The Balaban J connectivity index is 1.78. The molecule has 1 N–H and O–H groups in total. The van der Waals surface area contributed by atoms with Gasteiger partial charge in [-0.25, -0.2) is 4.79 Å². The summed E-state index contributed by atoms with van der Waals surface area (Å²) in [5.74, 6) is 0.664. The molecule has 0 aromatic carbocycles. The monoisotopic (exact) mass is 313 g/mol. The number of amides is 1. The molecule has 0 saturated carbocycles. The number of nitrogens with one attached hydrogen (secondary N) is 1. The summed E-state index contributed by atoms with van der Waals surface area (Å²) >= 11 is 0. The van der Waals surface area contributed by atoms with Gasteiger partial charge in [-0.05, 0) is 19.1 Å². The number of aromatic nitrogens is 4. The predicted octanol–water partition coefficient (Wildman–Crippen LogP) is 2.27. The van der Waals surface area contributed by atoms with Gasteiger partial charge in [0.15, 0.2) is 5.65 Å². The molecular formula is C15H15N5O3. The standard InChI is InChI=1S/C15H15N5O3/c1-2-22-15(21)18-14-17-12-6-3-7-13(20(12)19-14)23-10-11-5-4-8-16-9-11/h3-9H,2,10H2,1H3,(H,18,19,21). The van der Waals surface area contributed by atoms with Crippen molar-refractivity contribution in [3.8, 4) is 5.88 Å². The van der Waals surface area contributed by atoms with E-state index in [1.54, 1.807) is 37.5 Å². The van der Waals surface area contributed by atoms with Gasteiger partial charge in [0.25, 0.3) is 5.95 Å². The molecule has 8 heteroatoms. The van der Waals surface area contributed by atoms with Gasteiger partial charge in [-0.15, -0.1) is 5.10 Å². The van der Waals surface area contributed by atoms with Crippen LogP contribution in [0.1, 0.15) is 12.5 Å². The minimum absolute atomic E-state index is 0.154. The fraction of sp³-hybridized carbons (Fsp3) is 0.200. The maximum atomic E-state index is 11.4. The number of anilines is 1. The molecule has 0 aliphatic heterocycles. The number of ether oxygens (including phenoxy) is 2. The van der Waals surface area contributed by atoms with Gasteiger partial charge in [0.05, 0.1) is 6.61 Å². The lowest BCUT2D eigenvalue weighted by molar-refractivity contribution is 0.167. The number of carbonyl (C=O) groups is 1. The van der Waals surface area contributed by atoms with E-state index >= 15 is 0 Å². The van der Waals surface area contributed by atoms with Crippen molar-refractivity contribution < 1.29 is 14.3 Å². The van der Waals surface area contributed by atoms with Crippen LogP contribution in [0, 0.1) is 0 Å². The fourth-order valence-corrected chi connectivity index (χ4v) is 1.94. The first-order chi connectivity index (χ1) is 11.3. The maximum absolute atomic E-state index is 11.4. The van der Waals surface area contributed by atoms with E-state index in [4.69, 9.17) is 9.47 Å². The second-order valence-electron chi connectivity index (χ2n) is 4.56. The minimum atomic E-state index is -0.596. The van der Waals surface area contributed by atoms with Crippen molar-refractivity contribution in [2.45, 2.75) is 13.5 Å². The van der Waals surface area contributed by atoms with Gasteiger partial charge in [0.2, 0.25) is 5.88 Å². The number of hydrogen-bond acceptors (Lipinski definition) is 6. The van der Waals surface area contributed by atoms with Crippen molar-refractivity contribution in [3.05, 3.63) is 48.3 Å². The van der Waals surface area contributed by atoms with Crippen LogP contribution >= 0.6 is 0 Å². The lowest BCUT2D eigenvalue weighted by atomic mass is 10.3. The Morgan fingerprint density at radius 1 is 1.30 bits per heavy atom. The molecule has 23 heavy (non-hydrogen) atoms. The molecule has 3 aromatic rings. The Kier molecular flexibility index (Phi) is 4.32. The predicted molar refractivity (Wildman–Crippen MR) is 82.2 cm³/mol. The van der Waals surface area contributed by atoms with Gasteiger partial charge < -0.3 is 9.47 Å². The van der Waals surface area contributed by atoms with Crippen LogP contribution in [0.15, 0.2) is 42.7 Å². The number of pyridine rings is 2. The molecule has 3 rings (SSSR count). The zero-order valence-electron chi connectivity index (χ0n) is 12.5. The highest BCUT2D eigenvalue weighted by atomic mass is 16.5. The number of rotatable bonds is 5. The summed E-state index contributed by atoms with van der Waals surface area (Å²) in [6, 6.07) is 9.10. The quantitative estimate of drug-likeness (QED) is 0.777. The van der Waals surface area contributed by atoms with Crippen molar-refractivity contribution in [1.82, 2.24) is 19.6 Å². The van der Waals surface area contributed by atoms with Crippen molar-refractivity contribution in [1.29, 1.82) is 0 Å². The van der Waals surface area contributed by atoms with Crippen LogP contribution < -0.4 is 10.1 Å². The number of hydrogen-bond donors (Lipinski definition) is 1. The summed E-state index contributed by atoms with van der Waals surface area (Å²) in [6.45, 7) is 2.35. The molecule has 8 nitrogen and oxygen atoms in total. The fourth-order valence-electron chi connectivity index (χ4n) is 1.94. The van der Waals surface area contributed by atoms with E-state index in [9.17, 15) is 4.79 Å². The van der Waals surface area contributed by atoms with Crippen LogP contribution in [-0.4, -0.2) is 32.3 Å². The van der Waals surface area contributed by atoms with Crippen LogP contribution in [-0.2, 0) is 11.3 Å². The Morgan fingerprint density at radius 3 is 3.00 bits per heavy atom. The van der Waals surface area contributed by atoms with Crippen LogP contribution in [0.25, 0.3) is 5.65 Å². The van der Waals surface area contributed by atoms with Crippen molar-refractivity contribution >= 4 is 17.7 Å². The zero-order chi connectivity index (χ0) is 16.1. The summed E-state index contributed by atoms with van der Waals surface area (Å²) in [5, 5.41) is 6.66. The van der Waals surface area contributed by atoms with E-state index in [1.165, 1.54) is 4.52 Å². The van der Waals surface area contributed by atoms with E-state index in [1.807, 2.05) is 12.1 Å². The van der Waals surface area contributed by atoms with E-state index in [0.717, 1.165) is 5.56 Å². The molecule has 0 aliphatic rings. The van der Waals surface area contributed by atoms with Crippen molar-refractivity contribution in [2.75, 3.05) is 11.9 Å². The Morgan fingerprint density at radius 2 is 2.22 bits per heavy atom. The summed E-state index contributed by atoms with van der Waals surface area (Å²) in [5.41, 5.74) is 1.50. The third-order valence-corrected chi connectivity index (χ3v) is 2.92. The molecule has 0 bridgehead atoms. The minimum Gasteiger partial charge on any atom is -0.473 e. The van der Waals surface area contributed by atoms with E-state index in [0.29, 0.717) is 18.1 Å². The number of carbonyl (C=O) groups excluding carboxylic acids is 1. The molecule has 1 amide bonds. The topological polar surface area (TPSA) is 90.6 Å². The van der Waals surface area contributed by atoms with E-state index in [2.05, 4.69) is 20.4 Å². The summed E-state index contributed by atoms with van der Waals surface area (Å²) in [4.78, 5) is 19.7. The molecule has 0 spiro atoms. The molecule has 3 heterocycles. The van der Waals surface area contributed by atoms with E-state index in [-0.39, 0.29) is 12.6 Å². The van der Waals surface area contributed by atoms with Gasteiger partial charge in [-0.3, -0.25) is 10.3 Å².